The molecule has 0 radical (unpaired) electrons. The van der Waals surface area contributed by atoms with E-state index in [2.05, 4.69) is 22.9 Å². The molecule has 0 saturated heterocycles. The Morgan fingerprint density at radius 1 is 1.13 bits per heavy atom. The maximum atomic E-state index is 5.40. The number of benzene rings is 1. The molecule has 1 aliphatic rings. The first-order valence-corrected chi connectivity index (χ1v) is 5.99. The summed E-state index contributed by atoms with van der Waals surface area (Å²) in [5, 5.41) is 0. The summed E-state index contributed by atoms with van der Waals surface area (Å²) in [6, 6.07) is 3.96. The van der Waals surface area contributed by atoms with Gasteiger partial charge < -0.3 is 9.47 Å². The molecular formula is C12H15BrO2. The van der Waals surface area contributed by atoms with Crippen LogP contribution in [-0.4, -0.2) is 14.2 Å². The van der Waals surface area contributed by atoms with Crippen molar-refractivity contribution in [2.75, 3.05) is 14.2 Å². The Morgan fingerprint density at radius 3 is 2.20 bits per heavy atom. The van der Waals surface area contributed by atoms with Crippen LogP contribution in [0.15, 0.2) is 12.1 Å². The van der Waals surface area contributed by atoms with Crippen molar-refractivity contribution in [3.8, 4) is 11.5 Å². The van der Waals surface area contributed by atoms with Crippen molar-refractivity contribution < 1.29 is 9.47 Å². The maximum Gasteiger partial charge on any atom is 0.123 e. The van der Waals surface area contributed by atoms with Gasteiger partial charge in [0, 0.05) is 16.0 Å². The van der Waals surface area contributed by atoms with E-state index in [1.165, 1.54) is 11.1 Å². The second-order valence-electron chi connectivity index (χ2n) is 3.90. The third-order valence-corrected chi connectivity index (χ3v) is 3.85. The monoisotopic (exact) mass is 270 g/mol. The van der Waals surface area contributed by atoms with Crippen molar-refractivity contribution in [3.05, 3.63) is 23.3 Å². The number of halogens is 1. The number of alkyl halides is 1. The van der Waals surface area contributed by atoms with Gasteiger partial charge in [0.05, 0.1) is 14.2 Å². The standard InChI is InChI=1S/C12H15BrO2/c1-7-6-8(13)12-10(15-3)5-4-9(14-2)11(7)12/h4-5,7-8H,6H2,1-3H3. The van der Waals surface area contributed by atoms with Crippen LogP contribution in [0.4, 0.5) is 0 Å². The Balaban J connectivity index is 2.62. The molecule has 2 atom stereocenters. The first-order valence-electron chi connectivity index (χ1n) is 5.07. The van der Waals surface area contributed by atoms with Crippen molar-refractivity contribution in [2.45, 2.75) is 24.1 Å². The molecule has 2 rings (SSSR count). The van der Waals surface area contributed by atoms with Crippen LogP contribution in [0.3, 0.4) is 0 Å². The van der Waals surface area contributed by atoms with Gasteiger partial charge in [0.15, 0.2) is 0 Å². The third-order valence-electron chi connectivity index (χ3n) is 3.01. The molecule has 2 nitrogen and oxygen atoms in total. The van der Waals surface area contributed by atoms with Gasteiger partial charge in [-0.1, -0.05) is 22.9 Å². The fraction of sp³-hybridized carbons (Fsp3) is 0.500. The number of rotatable bonds is 2. The van der Waals surface area contributed by atoms with E-state index in [4.69, 9.17) is 9.47 Å². The highest BCUT2D eigenvalue weighted by Crippen LogP contribution is 2.52. The Kier molecular flexibility index (Phi) is 2.91. The van der Waals surface area contributed by atoms with Crippen LogP contribution in [0.2, 0.25) is 0 Å². The van der Waals surface area contributed by atoms with Crippen molar-refractivity contribution in [1.29, 1.82) is 0 Å². The van der Waals surface area contributed by atoms with Crippen LogP contribution >= 0.6 is 15.9 Å². The van der Waals surface area contributed by atoms with Crippen LogP contribution in [0.25, 0.3) is 0 Å². The van der Waals surface area contributed by atoms with Crippen LogP contribution in [0.5, 0.6) is 11.5 Å². The summed E-state index contributed by atoms with van der Waals surface area (Å²) in [7, 11) is 3.43. The predicted octanol–water partition coefficient (Wildman–Crippen LogP) is 3.65. The first kappa shape index (κ1) is 10.8. The lowest BCUT2D eigenvalue weighted by Crippen LogP contribution is -1.96. The van der Waals surface area contributed by atoms with Gasteiger partial charge in [-0.2, -0.15) is 0 Å². The first-order chi connectivity index (χ1) is 7.19. The number of hydrogen-bond acceptors (Lipinski definition) is 2. The molecule has 1 aliphatic carbocycles. The van der Waals surface area contributed by atoms with Gasteiger partial charge in [-0.15, -0.1) is 0 Å². The molecule has 0 heterocycles. The van der Waals surface area contributed by atoms with Crippen molar-refractivity contribution in [2.24, 2.45) is 0 Å². The number of fused-ring (bicyclic) bond motifs is 1. The molecule has 0 amide bonds. The average molecular weight is 271 g/mol. The van der Waals surface area contributed by atoms with E-state index in [1.807, 2.05) is 12.1 Å². The fourth-order valence-corrected chi connectivity index (χ4v) is 3.36. The van der Waals surface area contributed by atoms with E-state index in [-0.39, 0.29) is 0 Å². The van der Waals surface area contributed by atoms with Crippen molar-refractivity contribution in [3.63, 3.8) is 0 Å². The molecule has 3 heteroatoms. The molecule has 1 aromatic carbocycles. The fourth-order valence-electron chi connectivity index (χ4n) is 2.33. The molecule has 0 aliphatic heterocycles. The summed E-state index contributed by atoms with van der Waals surface area (Å²) in [5.41, 5.74) is 2.54. The van der Waals surface area contributed by atoms with Crippen molar-refractivity contribution >= 4 is 15.9 Å². The molecule has 0 saturated carbocycles. The number of hydrogen-bond donors (Lipinski definition) is 0. The molecular weight excluding hydrogens is 256 g/mol. The molecule has 0 fully saturated rings. The molecule has 0 N–H and O–H groups in total. The molecule has 2 unspecified atom stereocenters. The highest BCUT2D eigenvalue weighted by atomic mass is 79.9. The lowest BCUT2D eigenvalue weighted by Gasteiger charge is -2.14. The molecule has 1 aromatic rings. The van der Waals surface area contributed by atoms with Gasteiger partial charge in [0.2, 0.25) is 0 Å². The summed E-state index contributed by atoms with van der Waals surface area (Å²) in [4.78, 5) is 0.382. The van der Waals surface area contributed by atoms with Crippen molar-refractivity contribution in [1.82, 2.24) is 0 Å². The Morgan fingerprint density at radius 2 is 1.67 bits per heavy atom. The summed E-state index contributed by atoms with van der Waals surface area (Å²) in [6.45, 7) is 2.22. The minimum atomic E-state index is 0.382. The second-order valence-corrected chi connectivity index (χ2v) is 5.01. The van der Waals surface area contributed by atoms with E-state index >= 15 is 0 Å². The summed E-state index contributed by atoms with van der Waals surface area (Å²) >= 11 is 3.70. The lowest BCUT2D eigenvalue weighted by atomic mass is 10.0. The molecule has 15 heavy (non-hydrogen) atoms. The third kappa shape index (κ3) is 1.63. The number of methoxy groups -OCH3 is 2. The molecule has 0 spiro atoms. The van der Waals surface area contributed by atoms with Crippen LogP contribution in [0, 0.1) is 0 Å². The van der Waals surface area contributed by atoms with E-state index in [9.17, 15) is 0 Å². The largest absolute Gasteiger partial charge is 0.496 e. The van der Waals surface area contributed by atoms with Crippen LogP contribution < -0.4 is 9.47 Å². The molecule has 0 bridgehead atoms. The SMILES string of the molecule is COc1ccc(OC)c2c1C(C)CC2Br. The van der Waals surface area contributed by atoms with Crippen LogP contribution in [-0.2, 0) is 0 Å². The minimum absolute atomic E-state index is 0.382. The topological polar surface area (TPSA) is 18.5 Å². The van der Waals surface area contributed by atoms with E-state index < -0.39 is 0 Å². The summed E-state index contributed by atoms with van der Waals surface area (Å²) in [5.74, 6) is 2.45. The smallest absolute Gasteiger partial charge is 0.123 e. The van der Waals surface area contributed by atoms with Gasteiger partial charge in [-0.3, -0.25) is 0 Å². The quantitative estimate of drug-likeness (QED) is 0.764. The maximum absolute atomic E-state index is 5.40. The zero-order valence-corrected chi connectivity index (χ0v) is 10.8. The van der Waals surface area contributed by atoms with Gasteiger partial charge >= 0.3 is 0 Å². The number of ether oxygens (including phenoxy) is 2. The predicted molar refractivity (Wildman–Crippen MR) is 64.2 cm³/mol. The summed E-state index contributed by atoms with van der Waals surface area (Å²) < 4.78 is 10.8. The van der Waals surface area contributed by atoms with E-state index in [0.29, 0.717) is 10.7 Å². The van der Waals surface area contributed by atoms with Crippen LogP contribution in [0.1, 0.15) is 35.2 Å². The highest BCUT2D eigenvalue weighted by Gasteiger charge is 2.32. The van der Waals surface area contributed by atoms with Gasteiger partial charge in [0.1, 0.15) is 11.5 Å². The normalized spacial score (nSPS) is 23.7. The van der Waals surface area contributed by atoms with Gasteiger partial charge in [-0.05, 0) is 24.5 Å². The summed E-state index contributed by atoms with van der Waals surface area (Å²) in [6.07, 6.45) is 1.10. The van der Waals surface area contributed by atoms with Gasteiger partial charge in [0.25, 0.3) is 0 Å². The Bertz CT molecular complexity index is 341. The Labute approximate surface area is 98.7 Å². The van der Waals surface area contributed by atoms with E-state index in [0.717, 1.165) is 17.9 Å². The van der Waals surface area contributed by atoms with Gasteiger partial charge in [-0.25, -0.2) is 0 Å². The Hall–Kier alpha value is -0.700. The lowest BCUT2D eigenvalue weighted by molar-refractivity contribution is 0.396. The second kappa shape index (κ2) is 4.05. The zero-order valence-electron chi connectivity index (χ0n) is 9.21. The zero-order chi connectivity index (χ0) is 11.0. The minimum Gasteiger partial charge on any atom is -0.496 e. The molecule has 82 valence electrons. The highest BCUT2D eigenvalue weighted by molar-refractivity contribution is 9.09. The molecule has 0 aromatic heterocycles. The van der Waals surface area contributed by atoms with E-state index in [1.54, 1.807) is 14.2 Å². The average Bonchev–Trinajstić information content (AvgIpc) is 2.54.